The summed E-state index contributed by atoms with van der Waals surface area (Å²) in [6.07, 6.45) is -3.72. The van der Waals surface area contributed by atoms with Gasteiger partial charge in [-0.05, 0) is 48.4 Å². The van der Waals surface area contributed by atoms with Crippen molar-refractivity contribution >= 4 is 10.0 Å². The molecule has 0 radical (unpaired) electrons. The van der Waals surface area contributed by atoms with Gasteiger partial charge in [-0.15, -0.1) is 0 Å². The van der Waals surface area contributed by atoms with Gasteiger partial charge < -0.3 is 0 Å². The van der Waals surface area contributed by atoms with Gasteiger partial charge in [-0.25, -0.2) is 12.7 Å². The summed E-state index contributed by atoms with van der Waals surface area (Å²) in [6, 6.07) is 13.6. The first kappa shape index (κ1) is 22.3. The Morgan fingerprint density at radius 1 is 0.967 bits per heavy atom. The second-order valence-corrected chi connectivity index (χ2v) is 9.26. The van der Waals surface area contributed by atoms with Crippen LogP contribution in [0.4, 0.5) is 13.2 Å². The topological polar surface area (TPSA) is 64.4 Å². The fourth-order valence-corrected chi connectivity index (χ4v) is 5.02. The zero-order valence-corrected chi connectivity index (χ0v) is 17.1. The van der Waals surface area contributed by atoms with E-state index in [0.717, 1.165) is 17.7 Å². The summed E-state index contributed by atoms with van der Waals surface area (Å²) in [6.45, 7) is 2.34. The molecule has 30 heavy (non-hydrogen) atoms. The van der Waals surface area contributed by atoms with Gasteiger partial charge in [0.15, 0.2) is 0 Å². The molecule has 2 aromatic rings. The van der Waals surface area contributed by atoms with Crippen molar-refractivity contribution in [3.8, 4) is 6.07 Å². The Hall–Kier alpha value is -2.41. The lowest BCUT2D eigenvalue weighted by Crippen LogP contribution is -2.35. The van der Waals surface area contributed by atoms with E-state index in [1.807, 2.05) is 6.07 Å². The van der Waals surface area contributed by atoms with Crippen molar-refractivity contribution in [2.45, 2.75) is 24.9 Å². The number of benzene rings is 2. The van der Waals surface area contributed by atoms with Crippen LogP contribution in [0.5, 0.6) is 0 Å². The highest BCUT2D eigenvalue weighted by Crippen LogP contribution is 2.29. The third-order valence-corrected chi connectivity index (χ3v) is 6.88. The second-order valence-electron chi connectivity index (χ2n) is 7.29. The van der Waals surface area contributed by atoms with Crippen LogP contribution in [-0.4, -0.2) is 43.8 Å². The predicted molar refractivity (Wildman–Crippen MR) is 107 cm³/mol. The minimum atomic E-state index is -4.36. The third kappa shape index (κ3) is 5.81. The Morgan fingerprint density at radius 3 is 2.37 bits per heavy atom. The molecular formula is C21H22F3N3O2S. The molecule has 9 heteroatoms. The summed E-state index contributed by atoms with van der Waals surface area (Å²) in [5.74, 6) is -0.165. The Labute approximate surface area is 174 Å². The van der Waals surface area contributed by atoms with Gasteiger partial charge in [-0.1, -0.05) is 24.3 Å². The van der Waals surface area contributed by atoms with E-state index in [4.69, 9.17) is 5.26 Å². The number of sulfonamides is 1. The van der Waals surface area contributed by atoms with E-state index < -0.39 is 21.8 Å². The lowest BCUT2D eigenvalue weighted by molar-refractivity contribution is -0.137. The first-order valence-electron chi connectivity index (χ1n) is 9.53. The van der Waals surface area contributed by atoms with E-state index >= 15 is 0 Å². The van der Waals surface area contributed by atoms with Crippen LogP contribution < -0.4 is 0 Å². The standard InChI is InChI=1S/C21H22F3N3O2S/c22-21(23,24)20-7-5-17(6-8-20)15-26-9-2-10-27(12-11-26)30(28,29)16-19-4-1-3-18(13-19)14-25/h1,3-8,13H,2,9-12,15-16H2. The lowest BCUT2D eigenvalue weighted by Gasteiger charge is -2.22. The van der Waals surface area contributed by atoms with Gasteiger partial charge in [-0.3, -0.25) is 4.90 Å². The first-order valence-corrected chi connectivity index (χ1v) is 11.1. The van der Waals surface area contributed by atoms with Crippen molar-refractivity contribution < 1.29 is 21.6 Å². The summed E-state index contributed by atoms with van der Waals surface area (Å²) in [4.78, 5) is 2.05. The molecule has 0 spiro atoms. The molecule has 0 aromatic heterocycles. The summed E-state index contributed by atoms with van der Waals surface area (Å²) >= 11 is 0. The van der Waals surface area contributed by atoms with Crippen LogP contribution in [0.1, 0.15) is 28.7 Å². The van der Waals surface area contributed by atoms with Gasteiger partial charge >= 0.3 is 6.18 Å². The lowest BCUT2D eigenvalue weighted by atomic mass is 10.1. The number of rotatable bonds is 5. The average molecular weight is 437 g/mol. The number of nitriles is 1. The van der Waals surface area contributed by atoms with Crippen molar-refractivity contribution in [3.05, 3.63) is 70.8 Å². The van der Waals surface area contributed by atoms with E-state index in [9.17, 15) is 21.6 Å². The molecule has 0 N–H and O–H groups in total. The summed E-state index contributed by atoms with van der Waals surface area (Å²) < 4.78 is 65.2. The molecule has 0 saturated carbocycles. The van der Waals surface area contributed by atoms with Crippen LogP contribution in [0, 0.1) is 11.3 Å². The van der Waals surface area contributed by atoms with Crippen LogP contribution in [0.15, 0.2) is 48.5 Å². The molecule has 0 atom stereocenters. The van der Waals surface area contributed by atoms with Crippen LogP contribution in [-0.2, 0) is 28.5 Å². The number of hydrogen-bond acceptors (Lipinski definition) is 4. The van der Waals surface area contributed by atoms with Gasteiger partial charge in [0, 0.05) is 26.2 Å². The fraction of sp³-hybridized carbons (Fsp3) is 0.381. The summed E-state index contributed by atoms with van der Waals surface area (Å²) in [5, 5.41) is 8.98. The Balaban J connectivity index is 1.60. The number of alkyl halides is 3. The highest BCUT2D eigenvalue weighted by Gasteiger charge is 2.30. The quantitative estimate of drug-likeness (QED) is 0.717. The van der Waals surface area contributed by atoms with Crippen LogP contribution in [0.25, 0.3) is 0 Å². The van der Waals surface area contributed by atoms with Crippen LogP contribution in [0.2, 0.25) is 0 Å². The molecular weight excluding hydrogens is 415 g/mol. The highest BCUT2D eigenvalue weighted by atomic mass is 32.2. The summed E-state index contributed by atoms with van der Waals surface area (Å²) in [5.41, 5.74) is 1.06. The largest absolute Gasteiger partial charge is 0.416 e. The van der Waals surface area contributed by atoms with Crippen LogP contribution in [0.3, 0.4) is 0 Å². The van der Waals surface area contributed by atoms with Crippen molar-refractivity contribution in [2.75, 3.05) is 26.2 Å². The number of nitrogens with zero attached hydrogens (tertiary/aromatic N) is 3. The molecule has 2 aromatic carbocycles. The van der Waals surface area contributed by atoms with Gasteiger partial charge in [0.1, 0.15) is 0 Å². The van der Waals surface area contributed by atoms with E-state index in [1.54, 1.807) is 24.3 Å². The Morgan fingerprint density at radius 2 is 1.70 bits per heavy atom. The van der Waals surface area contributed by atoms with Crippen molar-refractivity contribution in [1.82, 2.24) is 9.21 Å². The fourth-order valence-electron chi connectivity index (χ4n) is 3.47. The zero-order chi connectivity index (χ0) is 21.8. The van der Waals surface area contributed by atoms with E-state index in [1.165, 1.54) is 16.4 Å². The van der Waals surface area contributed by atoms with Gasteiger partial charge in [0.25, 0.3) is 0 Å². The minimum Gasteiger partial charge on any atom is -0.298 e. The van der Waals surface area contributed by atoms with Crippen molar-refractivity contribution in [2.24, 2.45) is 0 Å². The van der Waals surface area contributed by atoms with E-state index in [2.05, 4.69) is 4.90 Å². The molecule has 1 aliphatic rings. The number of hydrogen-bond donors (Lipinski definition) is 0. The Kier molecular flexibility index (Phi) is 6.81. The highest BCUT2D eigenvalue weighted by molar-refractivity contribution is 7.88. The molecule has 5 nitrogen and oxygen atoms in total. The molecule has 1 saturated heterocycles. The molecule has 0 bridgehead atoms. The third-order valence-electron chi connectivity index (χ3n) is 5.03. The Bertz CT molecular complexity index is 1020. The van der Waals surface area contributed by atoms with Gasteiger partial charge in [0.05, 0.1) is 22.9 Å². The zero-order valence-electron chi connectivity index (χ0n) is 16.3. The van der Waals surface area contributed by atoms with Crippen molar-refractivity contribution in [3.63, 3.8) is 0 Å². The van der Waals surface area contributed by atoms with E-state index in [0.29, 0.717) is 50.3 Å². The molecule has 0 amide bonds. The van der Waals surface area contributed by atoms with Crippen molar-refractivity contribution in [1.29, 1.82) is 5.26 Å². The molecule has 0 unspecified atom stereocenters. The maximum Gasteiger partial charge on any atom is 0.416 e. The maximum absolute atomic E-state index is 12.8. The molecule has 1 aliphatic heterocycles. The minimum absolute atomic E-state index is 0.165. The smallest absolute Gasteiger partial charge is 0.298 e. The van der Waals surface area contributed by atoms with E-state index in [-0.39, 0.29) is 5.75 Å². The summed E-state index contributed by atoms with van der Waals surface area (Å²) in [7, 11) is -3.53. The second kappa shape index (κ2) is 9.16. The first-order chi connectivity index (χ1) is 14.2. The molecule has 1 fully saturated rings. The normalized spacial score (nSPS) is 16.7. The molecule has 0 aliphatic carbocycles. The monoisotopic (exact) mass is 437 g/mol. The maximum atomic E-state index is 12.8. The molecule has 3 rings (SSSR count). The molecule has 160 valence electrons. The van der Waals surface area contributed by atoms with Crippen LogP contribution >= 0.6 is 0 Å². The number of halogens is 3. The predicted octanol–water partition coefficient (Wildman–Crippen LogP) is 3.61. The SMILES string of the molecule is N#Cc1cccc(CS(=O)(=O)N2CCCN(Cc3ccc(C(F)(F)F)cc3)CC2)c1. The average Bonchev–Trinajstić information content (AvgIpc) is 2.94. The van der Waals surface area contributed by atoms with Gasteiger partial charge in [-0.2, -0.15) is 18.4 Å². The van der Waals surface area contributed by atoms with Gasteiger partial charge in [0.2, 0.25) is 10.0 Å². The molecule has 1 heterocycles.